The lowest BCUT2D eigenvalue weighted by atomic mass is 10.3. The summed E-state index contributed by atoms with van der Waals surface area (Å²) in [6.07, 6.45) is 7.34. The Bertz CT molecular complexity index is 311. The molecule has 0 aliphatic heterocycles. The molecule has 2 nitrogen and oxygen atoms in total. The van der Waals surface area contributed by atoms with Crippen LogP contribution in [0.25, 0.3) is 0 Å². The van der Waals surface area contributed by atoms with Gasteiger partial charge in [0.25, 0.3) is 0 Å². The lowest BCUT2D eigenvalue weighted by Crippen LogP contribution is -2.27. The molecule has 0 bridgehead atoms. The van der Waals surface area contributed by atoms with Gasteiger partial charge in [-0.05, 0) is 25.4 Å². The van der Waals surface area contributed by atoms with Gasteiger partial charge in [-0.25, -0.2) is 4.79 Å². The fourth-order valence-corrected chi connectivity index (χ4v) is 5.18. The molecule has 0 unspecified atom stereocenters. The highest BCUT2D eigenvalue weighted by molar-refractivity contribution is 6.79. The second-order valence-corrected chi connectivity index (χ2v) is 10.5. The maximum Gasteiger partial charge on any atom is 0.333 e. The van der Waals surface area contributed by atoms with Gasteiger partial charge in [0.2, 0.25) is 0 Å². The summed E-state index contributed by atoms with van der Waals surface area (Å²) in [7, 11) is -1.21. The van der Waals surface area contributed by atoms with E-state index in [0.717, 1.165) is 24.9 Å². The lowest BCUT2D eigenvalue weighted by molar-refractivity contribution is -0.139. The molecular formula is C16H28O2Si. The van der Waals surface area contributed by atoms with E-state index >= 15 is 0 Å². The van der Waals surface area contributed by atoms with Gasteiger partial charge in [0.1, 0.15) is 0 Å². The first-order valence-corrected chi connectivity index (χ1v) is 10.1. The van der Waals surface area contributed by atoms with E-state index in [1.165, 1.54) is 12.5 Å². The summed E-state index contributed by atoms with van der Waals surface area (Å²) in [6.45, 7) is 15.9. The SMILES string of the molecule is C=CC[Si](C)(CC=C)CCCCCOC(=O)C(=C)C. The molecule has 0 radical (unpaired) electrons. The van der Waals surface area contributed by atoms with Crippen LogP contribution >= 0.6 is 0 Å². The van der Waals surface area contributed by atoms with Crippen LogP contribution in [-0.4, -0.2) is 20.7 Å². The van der Waals surface area contributed by atoms with Crippen molar-refractivity contribution in [3.63, 3.8) is 0 Å². The Labute approximate surface area is 119 Å². The van der Waals surface area contributed by atoms with Crippen molar-refractivity contribution < 1.29 is 9.53 Å². The third-order valence-electron chi connectivity index (χ3n) is 3.28. The molecule has 0 fully saturated rings. The molecule has 3 heteroatoms. The van der Waals surface area contributed by atoms with Gasteiger partial charge in [-0.2, -0.15) is 0 Å². The Balaban J connectivity index is 3.77. The highest BCUT2D eigenvalue weighted by Crippen LogP contribution is 2.24. The number of unbranched alkanes of at least 4 members (excludes halogenated alkanes) is 2. The van der Waals surface area contributed by atoms with Gasteiger partial charge < -0.3 is 4.74 Å². The quantitative estimate of drug-likeness (QED) is 0.180. The summed E-state index contributed by atoms with van der Waals surface area (Å²) in [5, 5.41) is 0. The molecule has 0 amide bonds. The van der Waals surface area contributed by atoms with Crippen LogP contribution in [0, 0.1) is 0 Å². The van der Waals surface area contributed by atoms with E-state index in [-0.39, 0.29) is 5.97 Å². The minimum absolute atomic E-state index is 0.280. The van der Waals surface area contributed by atoms with Gasteiger partial charge in [-0.1, -0.05) is 44.2 Å². The monoisotopic (exact) mass is 280 g/mol. The number of rotatable bonds is 11. The van der Waals surface area contributed by atoms with Crippen LogP contribution in [0.2, 0.25) is 24.7 Å². The van der Waals surface area contributed by atoms with Crippen LogP contribution in [0.4, 0.5) is 0 Å². The van der Waals surface area contributed by atoms with Crippen molar-refractivity contribution in [3.8, 4) is 0 Å². The Hall–Kier alpha value is -1.09. The Morgan fingerprint density at radius 3 is 2.21 bits per heavy atom. The molecule has 108 valence electrons. The topological polar surface area (TPSA) is 26.3 Å². The summed E-state index contributed by atoms with van der Waals surface area (Å²) < 4.78 is 5.07. The molecule has 0 spiro atoms. The Kier molecular flexibility index (Phi) is 9.22. The van der Waals surface area contributed by atoms with Crippen molar-refractivity contribution in [2.24, 2.45) is 0 Å². The van der Waals surface area contributed by atoms with Crippen molar-refractivity contribution >= 4 is 14.0 Å². The van der Waals surface area contributed by atoms with Crippen molar-refractivity contribution in [3.05, 3.63) is 37.5 Å². The van der Waals surface area contributed by atoms with Crippen LogP contribution in [0.3, 0.4) is 0 Å². The summed E-state index contributed by atoms with van der Waals surface area (Å²) in [4.78, 5) is 11.2. The second-order valence-electron chi connectivity index (χ2n) is 5.52. The first-order valence-electron chi connectivity index (χ1n) is 6.99. The molecular weight excluding hydrogens is 252 g/mol. The summed E-state index contributed by atoms with van der Waals surface area (Å²) in [5.41, 5.74) is 0.469. The number of hydrogen-bond acceptors (Lipinski definition) is 2. The van der Waals surface area contributed by atoms with E-state index in [2.05, 4.69) is 26.3 Å². The van der Waals surface area contributed by atoms with Crippen molar-refractivity contribution in [2.45, 2.75) is 50.9 Å². The van der Waals surface area contributed by atoms with Crippen molar-refractivity contribution in [1.82, 2.24) is 0 Å². The number of esters is 1. The predicted molar refractivity (Wildman–Crippen MR) is 86.1 cm³/mol. The fourth-order valence-electron chi connectivity index (χ4n) is 2.10. The largest absolute Gasteiger partial charge is 0.462 e. The summed E-state index contributed by atoms with van der Waals surface area (Å²) >= 11 is 0. The molecule has 0 aromatic carbocycles. The molecule has 0 aliphatic rings. The number of carbonyl (C=O) groups excluding carboxylic acids is 1. The number of allylic oxidation sites excluding steroid dienone is 2. The highest BCUT2D eigenvalue weighted by Gasteiger charge is 2.22. The maximum absolute atomic E-state index is 11.2. The van der Waals surface area contributed by atoms with Crippen LogP contribution in [0.15, 0.2) is 37.5 Å². The molecule has 0 atom stereocenters. The molecule has 0 rings (SSSR count). The molecule has 0 aliphatic carbocycles. The maximum atomic E-state index is 11.2. The van der Waals surface area contributed by atoms with Gasteiger partial charge >= 0.3 is 5.97 Å². The lowest BCUT2D eigenvalue weighted by Gasteiger charge is -2.24. The summed E-state index contributed by atoms with van der Waals surface area (Å²) in [5.74, 6) is -0.280. The van der Waals surface area contributed by atoms with Gasteiger partial charge in [0.05, 0.1) is 14.7 Å². The third kappa shape index (κ3) is 8.60. The second kappa shape index (κ2) is 9.79. The Morgan fingerprint density at radius 2 is 1.74 bits per heavy atom. The van der Waals surface area contributed by atoms with Crippen LogP contribution < -0.4 is 0 Å². The number of ether oxygens (including phenoxy) is 1. The normalized spacial score (nSPS) is 10.8. The average molecular weight is 280 g/mol. The minimum Gasteiger partial charge on any atom is -0.462 e. The van der Waals surface area contributed by atoms with Crippen molar-refractivity contribution in [1.29, 1.82) is 0 Å². The zero-order chi connectivity index (χ0) is 14.7. The van der Waals surface area contributed by atoms with E-state index in [4.69, 9.17) is 4.74 Å². The van der Waals surface area contributed by atoms with Crippen LogP contribution in [0.1, 0.15) is 26.2 Å². The van der Waals surface area contributed by atoms with E-state index in [1.54, 1.807) is 6.92 Å². The van der Waals surface area contributed by atoms with E-state index in [9.17, 15) is 4.79 Å². The molecule has 0 heterocycles. The van der Waals surface area contributed by atoms with Gasteiger partial charge in [0.15, 0.2) is 0 Å². The van der Waals surface area contributed by atoms with Crippen LogP contribution in [-0.2, 0) is 9.53 Å². The zero-order valence-corrected chi connectivity index (χ0v) is 13.5. The molecule has 0 saturated heterocycles. The van der Waals surface area contributed by atoms with Crippen molar-refractivity contribution in [2.75, 3.05) is 6.61 Å². The van der Waals surface area contributed by atoms with Crippen LogP contribution in [0.5, 0.6) is 0 Å². The third-order valence-corrected chi connectivity index (χ3v) is 7.39. The smallest absolute Gasteiger partial charge is 0.333 e. The highest BCUT2D eigenvalue weighted by atomic mass is 28.3. The molecule has 0 aromatic rings. The average Bonchev–Trinajstić information content (AvgIpc) is 2.33. The molecule has 0 N–H and O–H groups in total. The van der Waals surface area contributed by atoms with E-state index in [0.29, 0.717) is 12.2 Å². The first kappa shape index (κ1) is 17.9. The summed E-state index contributed by atoms with van der Waals surface area (Å²) in [6, 6.07) is 3.60. The number of hydrogen-bond donors (Lipinski definition) is 0. The van der Waals surface area contributed by atoms with E-state index in [1.807, 2.05) is 12.2 Å². The van der Waals surface area contributed by atoms with Gasteiger partial charge in [0, 0.05) is 5.57 Å². The molecule has 0 aromatic heterocycles. The predicted octanol–water partition coefficient (Wildman–Crippen LogP) is 4.73. The van der Waals surface area contributed by atoms with E-state index < -0.39 is 8.07 Å². The minimum atomic E-state index is -1.21. The standard InChI is InChI=1S/C16H28O2Si/c1-6-12-19(5,13-7-2)14-10-8-9-11-18-16(17)15(3)4/h6-7H,1-3,8-14H2,4-5H3. The fraction of sp³-hybridized carbons (Fsp3) is 0.562. The molecule has 0 saturated carbocycles. The molecule has 19 heavy (non-hydrogen) atoms. The Morgan fingerprint density at radius 1 is 1.16 bits per heavy atom. The zero-order valence-electron chi connectivity index (χ0n) is 12.5. The van der Waals surface area contributed by atoms with Gasteiger partial charge in [-0.15, -0.1) is 13.2 Å². The van der Waals surface area contributed by atoms with Gasteiger partial charge in [-0.3, -0.25) is 0 Å². The number of carbonyl (C=O) groups is 1. The first-order chi connectivity index (χ1) is 8.95.